The van der Waals surface area contributed by atoms with E-state index in [1.165, 1.54) is 6.07 Å². The summed E-state index contributed by atoms with van der Waals surface area (Å²) < 4.78 is 5.02. The predicted octanol–water partition coefficient (Wildman–Crippen LogP) is 1.17. The first-order chi connectivity index (χ1) is 11.5. The summed E-state index contributed by atoms with van der Waals surface area (Å²) >= 11 is 0. The normalized spacial score (nSPS) is 13.1. The van der Waals surface area contributed by atoms with Crippen molar-refractivity contribution < 1.29 is 19.7 Å². The van der Waals surface area contributed by atoms with Gasteiger partial charge in [0.2, 0.25) is 0 Å². The van der Waals surface area contributed by atoms with Crippen molar-refractivity contribution in [3.63, 3.8) is 0 Å². The van der Waals surface area contributed by atoms with Gasteiger partial charge in [-0.1, -0.05) is 36.4 Å². The molecular formula is C17H21N3O4. The first kappa shape index (κ1) is 17.6. The number of carbonyl (C=O) groups excluding carboxylic acids is 1. The summed E-state index contributed by atoms with van der Waals surface area (Å²) in [4.78, 5) is 11.6. The molecule has 0 aliphatic rings. The molecule has 2 atom stereocenters. The number of nitrogens with one attached hydrogen (secondary N) is 1. The van der Waals surface area contributed by atoms with Crippen LogP contribution in [0.4, 0.5) is 16.2 Å². The molecule has 2 aromatic rings. The average Bonchev–Trinajstić information content (AvgIpc) is 2.60. The molecule has 2 unspecified atom stereocenters. The van der Waals surface area contributed by atoms with E-state index >= 15 is 0 Å². The fraction of sp³-hybridized carbons (Fsp3) is 0.235. The molecule has 0 radical (unpaired) electrons. The number of ether oxygens (including phenoxy) is 1. The van der Waals surface area contributed by atoms with Gasteiger partial charge in [-0.15, -0.1) is 0 Å². The molecule has 0 aliphatic carbocycles. The third kappa shape index (κ3) is 4.87. The minimum Gasteiger partial charge on any atom is -0.445 e. The molecule has 24 heavy (non-hydrogen) atoms. The van der Waals surface area contributed by atoms with Crippen LogP contribution in [-0.2, 0) is 11.3 Å². The molecule has 128 valence electrons. The van der Waals surface area contributed by atoms with E-state index in [1.807, 2.05) is 30.3 Å². The van der Waals surface area contributed by atoms with Crippen LogP contribution >= 0.6 is 0 Å². The number of carbonyl (C=O) groups is 1. The van der Waals surface area contributed by atoms with Gasteiger partial charge in [-0.3, -0.25) is 0 Å². The summed E-state index contributed by atoms with van der Waals surface area (Å²) in [5.74, 6) is 0. The summed E-state index contributed by atoms with van der Waals surface area (Å²) in [6, 6.07) is 13.8. The lowest BCUT2D eigenvalue weighted by Crippen LogP contribution is -2.35. The molecule has 7 N–H and O–H groups in total. The number of benzene rings is 2. The Morgan fingerprint density at radius 1 is 1.08 bits per heavy atom. The molecule has 1 amide bonds. The van der Waals surface area contributed by atoms with Crippen LogP contribution in [-0.4, -0.2) is 29.0 Å². The Balaban J connectivity index is 1.80. The summed E-state index contributed by atoms with van der Waals surface area (Å²) in [5.41, 5.74) is 13.2. The minimum atomic E-state index is -1.21. The summed E-state index contributed by atoms with van der Waals surface area (Å²) in [5, 5.41) is 22.5. The highest BCUT2D eigenvalue weighted by Crippen LogP contribution is 2.23. The fourth-order valence-corrected chi connectivity index (χ4v) is 2.07. The van der Waals surface area contributed by atoms with Crippen molar-refractivity contribution in [3.8, 4) is 0 Å². The van der Waals surface area contributed by atoms with Crippen molar-refractivity contribution in [2.24, 2.45) is 0 Å². The van der Waals surface area contributed by atoms with Crippen LogP contribution < -0.4 is 16.8 Å². The Kier molecular flexibility index (Phi) is 6.00. The number of rotatable bonds is 6. The maximum atomic E-state index is 11.6. The Morgan fingerprint density at radius 2 is 1.79 bits per heavy atom. The van der Waals surface area contributed by atoms with E-state index in [2.05, 4.69) is 5.32 Å². The highest BCUT2D eigenvalue weighted by atomic mass is 16.5. The van der Waals surface area contributed by atoms with E-state index in [-0.39, 0.29) is 13.2 Å². The lowest BCUT2D eigenvalue weighted by molar-refractivity contribution is 0.0184. The van der Waals surface area contributed by atoms with Gasteiger partial charge in [-0.2, -0.15) is 0 Å². The number of amides is 1. The van der Waals surface area contributed by atoms with Crippen molar-refractivity contribution in [2.45, 2.75) is 18.8 Å². The first-order valence-electron chi connectivity index (χ1n) is 7.43. The largest absolute Gasteiger partial charge is 0.445 e. The lowest BCUT2D eigenvalue weighted by Gasteiger charge is -2.19. The van der Waals surface area contributed by atoms with E-state index in [1.54, 1.807) is 12.1 Å². The summed E-state index contributed by atoms with van der Waals surface area (Å²) in [7, 11) is 0. The molecule has 0 heterocycles. The number of anilines is 2. The van der Waals surface area contributed by atoms with Gasteiger partial charge < -0.3 is 31.7 Å². The molecule has 7 heteroatoms. The van der Waals surface area contributed by atoms with Crippen LogP contribution in [0, 0.1) is 0 Å². The van der Waals surface area contributed by atoms with E-state index in [4.69, 9.17) is 16.2 Å². The van der Waals surface area contributed by atoms with Gasteiger partial charge >= 0.3 is 6.09 Å². The molecule has 0 bridgehead atoms. The SMILES string of the molecule is Nc1ccc(C(O)C(O)CNC(=O)OCc2ccccc2)cc1N. The molecule has 2 rings (SSSR count). The molecule has 0 aromatic heterocycles. The number of hydrogen-bond donors (Lipinski definition) is 5. The quantitative estimate of drug-likeness (QED) is 0.505. The summed E-state index contributed by atoms with van der Waals surface area (Å²) in [6.45, 7) is -0.0428. The van der Waals surface area contributed by atoms with E-state index in [9.17, 15) is 15.0 Å². The van der Waals surface area contributed by atoms with E-state index < -0.39 is 18.3 Å². The molecule has 2 aromatic carbocycles. The van der Waals surface area contributed by atoms with Gasteiger partial charge in [-0.05, 0) is 23.3 Å². The fourth-order valence-electron chi connectivity index (χ4n) is 2.07. The van der Waals surface area contributed by atoms with Gasteiger partial charge in [0, 0.05) is 6.54 Å². The molecule has 0 aliphatic heterocycles. The van der Waals surface area contributed by atoms with E-state index in [0.717, 1.165) is 5.56 Å². The number of nitrogen functional groups attached to an aromatic ring is 2. The molecule has 0 saturated heterocycles. The monoisotopic (exact) mass is 331 g/mol. The lowest BCUT2D eigenvalue weighted by atomic mass is 10.0. The standard InChI is InChI=1S/C17H21N3O4/c18-13-7-6-12(8-14(13)19)16(22)15(21)9-20-17(23)24-10-11-4-2-1-3-5-11/h1-8,15-16,21-22H,9-10,18-19H2,(H,20,23). The van der Waals surface area contributed by atoms with E-state index in [0.29, 0.717) is 16.9 Å². The van der Waals surface area contributed by atoms with Gasteiger partial charge in [0.1, 0.15) is 18.8 Å². The number of aliphatic hydroxyl groups is 2. The second-order valence-corrected chi connectivity index (χ2v) is 5.34. The molecule has 0 spiro atoms. The number of alkyl carbamates (subject to hydrolysis) is 1. The Labute approximate surface area is 139 Å². The first-order valence-corrected chi connectivity index (χ1v) is 7.43. The van der Waals surface area contributed by atoms with Crippen LogP contribution in [0.15, 0.2) is 48.5 Å². The maximum Gasteiger partial charge on any atom is 0.407 e. The second kappa shape index (κ2) is 8.19. The predicted molar refractivity (Wildman–Crippen MR) is 90.9 cm³/mol. The topological polar surface area (TPSA) is 131 Å². The zero-order chi connectivity index (χ0) is 17.5. The van der Waals surface area contributed by atoms with Crippen LogP contribution in [0.1, 0.15) is 17.2 Å². The molecule has 0 fully saturated rings. The van der Waals surface area contributed by atoms with Gasteiger partial charge in [0.25, 0.3) is 0 Å². The molecular weight excluding hydrogens is 310 g/mol. The van der Waals surface area contributed by atoms with Crippen molar-refractivity contribution in [2.75, 3.05) is 18.0 Å². The Morgan fingerprint density at radius 3 is 2.46 bits per heavy atom. The van der Waals surface area contributed by atoms with Gasteiger partial charge in [0.05, 0.1) is 11.4 Å². The van der Waals surface area contributed by atoms with Crippen LogP contribution in [0.5, 0.6) is 0 Å². The maximum absolute atomic E-state index is 11.6. The number of aliphatic hydroxyl groups excluding tert-OH is 2. The molecule has 7 nitrogen and oxygen atoms in total. The van der Waals surface area contributed by atoms with Gasteiger partial charge in [-0.25, -0.2) is 4.79 Å². The zero-order valence-corrected chi connectivity index (χ0v) is 13.1. The number of nitrogens with two attached hydrogens (primary N) is 2. The van der Waals surface area contributed by atoms with Crippen molar-refractivity contribution in [1.29, 1.82) is 0 Å². The van der Waals surface area contributed by atoms with Crippen molar-refractivity contribution >= 4 is 17.5 Å². The van der Waals surface area contributed by atoms with Crippen LogP contribution in [0.25, 0.3) is 0 Å². The highest BCUT2D eigenvalue weighted by molar-refractivity contribution is 5.67. The smallest absolute Gasteiger partial charge is 0.407 e. The number of hydrogen-bond acceptors (Lipinski definition) is 6. The Bertz CT molecular complexity index is 679. The van der Waals surface area contributed by atoms with Crippen molar-refractivity contribution in [3.05, 3.63) is 59.7 Å². The molecule has 0 saturated carbocycles. The zero-order valence-electron chi connectivity index (χ0n) is 13.1. The highest BCUT2D eigenvalue weighted by Gasteiger charge is 2.20. The second-order valence-electron chi connectivity index (χ2n) is 5.34. The average molecular weight is 331 g/mol. The minimum absolute atomic E-state index is 0.125. The van der Waals surface area contributed by atoms with Gasteiger partial charge in [0.15, 0.2) is 0 Å². The summed E-state index contributed by atoms with van der Waals surface area (Å²) in [6.07, 6.45) is -3.10. The third-order valence-electron chi connectivity index (χ3n) is 3.49. The van der Waals surface area contributed by atoms with Crippen LogP contribution in [0.2, 0.25) is 0 Å². The Hall–Kier alpha value is -2.77. The van der Waals surface area contributed by atoms with Crippen molar-refractivity contribution in [1.82, 2.24) is 5.32 Å². The van der Waals surface area contributed by atoms with Crippen LogP contribution in [0.3, 0.4) is 0 Å². The third-order valence-corrected chi connectivity index (χ3v) is 3.49.